The van der Waals surface area contributed by atoms with Gasteiger partial charge in [0.25, 0.3) is 0 Å². The fourth-order valence-corrected chi connectivity index (χ4v) is 2.82. The minimum absolute atomic E-state index is 0.00480. The average Bonchev–Trinajstić information content (AvgIpc) is 3.00. The van der Waals surface area contributed by atoms with Crippen LogP contribution in [0.25, 0.3) is 0 Å². The molecule has 1 aliphatic rings. The summed E-state index contributed by atoms with van der Waals surface area (Å²) in [4.78, 5) is 13.7. The van der Waals surface area contributed by atoms with Crippen LogP contribution in [-0.4, -0.2) is 42.3 Å². The van der Waals surface area contributed by atoms with Crippen LogP contribution < -0.4 is 10.5 Å². The van der Waals surface area contributed by atoms with E-state index in [1.807, 2.05) is 0 Å². The van der Waals surface area contributed by atoms with Crippen LogP contribution in [0, 0.1) is 5.92 Å². The second kappa shape index (κ2) is 7.73. The fraction of sp³-hybridized carbons (Fsp3) is 0.611. The maximum Gasteiger partial charge on any atom is 0.416 e. The number of ether oxygens (including phenoxy) is 2. The lowest BCUT2D eigenvalue weighted by atomic mass is 10.0. The predicted molar refractivity (Wildman–Crippen MR) is 90.8 cm³/mol. The Morgan fingerprint density at radius 3 is 2.38 bits per heavy atom. The summed E-state index contributed by atoms with van der Waals surface area (Å²) in [5.74, 6) is 0.318. The molecule has 1 aromatic carbocycles. The number of carbonyl (C=O) groups excluding carboxylic acids is 1. The summed E-state index contributed by atoms with van der Waals surface area (Å²) >= 11 is 0. The highest BCUT2D eigenvalue weighted by atomic mass is 19.4. The first-order chi connectivity index (χ1) is 12.0. The molecule has 8 heteroatoms. The zero-order valence-electron chi connectivity index (χ0n) is 15.2. The van der Waals surface area contributed by atoms with Crippen molar-refractivity contribution in [2.24, 2.45) is 11.7 Å². The first kappa shape index (κ1) is 20.4. The quantitative estimate of drug-likeness (QED) is 0.873. The van der Waals surface area contributed by atoms with Crippen molar-refractivity contribution in [3.8, 4) is 5.75 Å². The van der Waals surface area contributed by atoms with Gasteiger partial charge in [-0.15, -0.1) is 0 Å². The first-order valence-corrected chi connectivity index (χ1v) is 8.51. The summed E-state index contributed by atoms with van der Waals surface area (Å²) in [6, 6.07) is 4.52. The van der Waals surface area contributed by atoms with E-state index in [2.05, 4.69) is 0 Å². The second-order valence-electron chi connectivity index (χ2n) is 7.39. The number of alkyl halides is 3. The Morgan fingerprint density at radius 1 is 1.27 bits per heavy atom. The number of amides is 1. The van der Waals surface area contributed by atoms with Crippen molar-refractivity contribution in [3.63, 3.8) is 0 Å². The lowest BCUT2D eigenvalue weighted by Gasteiger charge is -2.26. The Balaban J connectivity index is 1.96. The van der Waals surface area contributed by atoms with Gasteiger partial charge < -0.3 is 20.1 Å². The van der Waals surface area contributed by atoms with E-state index in [1.165, 1.54) is 12.1 Å². The summed E-state index contributed by atoms with van der Waals surface area (Å²) < 4.78 is 49.0. The molecule has 1 fully saturated rings. The fourth-order valence-electron chi connectivity index (χ4n) is 2.82. The van der Waals surface area contributed by atoms with E-state index in [-0.39, 0.29) is 24.7 Å². The average molecular weight is 374 g/mol. The summed E-state index contributed by atoms with van der Waals surface area (Å²) in [7, 11) is 0. The molecule has 0 spiro atoms. The molecule has 0 saturated carbocycles. The lowest BCUT2D eigenvalue weighted by Crippen LogP contribution is -2.39. The molecular weight excluding hydrogens is 349 g/mol. The van der Waals surface area contributed by atoms with Gasteiger partial charge in [0.05, 0.1) is 5.56 Å². The van der Waals surface area contributed by atoms with Gasteiger partial charge in [0.1, 0.15) is 17.5 Å². The zero-order valence-corrected chi connectivity index (χ0v) is 15.2. The van der Waals surface area contributed by atoms with Gasteiger partial charge in [-0.25, -0.2) is 4.79 Å². The van der Waals surface area contributed by atoms with E-state index >= 15 is 0 Å². The number of hydrogen-bond donors (Lipinski definition) is 1. The van der Waals surface area contributed by atoms with Crippen LogP contribution in [0.4, 0.5) is 18.0 Å². The molecular formula is C18H25F3N2O3. The standard InChI is InChI=1S/C18H25F3N2O3/c1-17(2,3)26-16(24)23-9-8-12(11-23)15(10-22)25-14-6-4-13(5-7-14)18(19,20)21/h4-7,12,15H,8-11,22H2,1-3H3. The molecule has 2 rings (SSSR count). The molecule has 0 bridgehead atoms. The third-order valence-corrected chi connectivity index (χ3v) is 4.10. The highest BCUT2D eigenvalue weighted by Gasteiger charge is 2.35. The molecule has 146 valence electrons. The highest BCUT2D eigenvalue weighted by Crippen LogP contribution is 2.31. The molecule has 2 N–H and O–H groups in total. The van der Waals surface area contributed by atoms with Gasteiger partial charge in [0.2, 0.25) is 0 Å². The van der Waals surface area contributed by atoms with Gasteiger partial charge in [-0.05, 0) is 51.5 Å². The molecule has 2 atom stereocenters. The first-order valence-electron chi connectivity index (χ1n) is 8.51. The molecule has 1 amide bonds. The number of halogens is 3. The van der Waals surface area contributed by atoms with Crippen molar-refractivity contribution in [3.05, 3.63) is 29.8 Å². The molecule has 1 saturated heterocycles. The van der Waals surface area contributed by atoms with E-state index in [9.17, 15) is 18.0 Å². The molecule has 0 aliphatic carbocycles. The Labute approximate surface area is 151 Å². The van der Waals surface area contributed by atoms with Crippen molar-refractivity contribution in [1.29, 1.82) is 0 Å². The highest BCUT2D eigenvalue weighted by molar-refractivity contribution is 5.68. The van der Waals surface area contributed by atoms with Crippen LogP contribution in [-0.2, 0) is 10.9 Å². The zero-order chi connectivity index (χ0) is 19.5. The summed E-state index contributed by atoms with van der Waals surface area (Å²) in [5.41, 5.74) is 4.48. The number of rotatable bonds is 4. The Hall–Kier alpha value is -1.96. The summed E-state index contributed by atoms with van der Waals surface area (Å²) in [6.45, 7) is 6.58. The summed E-state index contributed by atoms with van der Waals surface area (Å²) in [6.07, 6.45) is -4.46. The Kier molecular flexibility index (Phi) is 6.05. The SMILES string of the molecule is CC(C)(C)OC(=O)N1CCC(C(CN)Oc2ccc(C(F)(F)F)cc2)C1. The molecule has 1 heterocycles. The van der Waals surface area contributed by atoms with Crippen LogP contribution >= 0.6 is 0 Å². The molecule has 0 aromatic heterocycles. The molecule has 0 radical (unpaired) electrons. The minimum atomic E-state index is -4.38. The van der Waals surface area contributed by atoms with Crippen LogP contribution in [0.2, 0.25) is 0 Å². The monoisotopic (exact) mass is 374 g/mol. The van der Waals surface area contributed by atoms with Crippen molar-refractivity contribution >= 4 is 6.09 Å². The maximum atomic E-state index is 12.6. The number of likely N-dealkylation sites (tertiary alicyclic amines) is 1. The largest absolute Gasteiger partial charge is 0.489 e. The van der Waals surface area contributed by atoms with Crippen LogP contribution in [0.3, 0.4) is 0 Å². The topological polar surface area (TPSA) is 64.8 Å². The van der Waals surface area contributed by atoms with Gasteiger partial charge in [-0.1, -0.05) is 0 Å². The number of hydrogen-bond acceptors (Lipinski definition) is 4. The minimum Gasteiger partial charge on any atom is -0.489 e. The number of nitrogens with two attached hydrogens (primary N) is 1. The number of nitrogens with zero attached hydrogens (tertiary/aromatic N) is 1. The van der Waals surface area contributed by atoms with Gasteiger partial charge >= 0.3 is 12.3 Å². The number of carbonyl (C=O) groups is 1. The molecule has 5 nitrogen and oxygen atoms in total. The molecule has 1 aliphatic heterocycles. The van der Waals surface area contributed by atoms with Crippen LogP contribution in [0.15, 0.2) is 24.3 Å². The van der Waals surface area contributed by atoms with Crippen molar-refractivity contribution < 1.29 is 27.4 Å². The normalized spacial score (nSPS) is 19.3. The third kappa shape index (κ3) is 5.52. The van der Waals surface area contributed by atoms with Gasteiger partial charge in [-0.2, -0.15) is 13.2 Å². The Bertz CT molecular complexity index is 612. The molecule has 2 unspecified atom stereocenters. The van der Waals surface area contributed by atoms with E-state index in [0.717, 1.165) is 12.1 Å². The van der Waals surface area contributed by atoms with Crippen LogP contribution in [0.1, 0.15) is 32.8 Å². The number of benzene rings is 1. The van der Waals surface area contributed by atoms with E-state index in [0.29, 0.717) is 25.3 Å². The van der Waals surface area contributed by atoms with Crippen molar-refractivity contribution in [2.75, 3.05) is 19.6 Å². The second-order valence-corrected chi connectivity index (χ2v) is 7.39. The predicted octanol–water partition coefficient (Wildman–Crippen LogP) is 3.67. The molecule has 26 heavy (non-hydrogen) atoms. The maximum absolute atomic E-state index is 12.6. The van der Waals surface area contributed by atoms with E-state index in [4.69, 9.17) is 15.2 Å². The summed E-state index contributed by atoms with van der Waals surface area (Å²) in [5, 5.41) is 0. The Morgan fingerprint density at radius 2 is 1.88 bits per heavy atom. The third-order valence-electron chi connectivity index (χ3n) is 4.10. The smallest absolute Gasteiger partial charge is 0.416 e. The van der Waals surface area contributed by atoms with Gasteiger partial charge in [-0.3, -0.25) is 0 Å². The van der Waals surface area contributed by atoms with Gasteiger partial charge in [0, 0.05) is 25.6 Å². The molecule has 1 aromatic rings. The van der Waals surface area contributed by atoms with E-state index < -0.39 is 17.3 Å². The van der Waals surface area contributed by atoms with Crippen LogP contribution in [0.5, 0.6) is 5.75 Å². The van der Waals surface area contributed by atoms with E-state index in [1.54, 1.807) is 25.7 Å². The van der Waals surface area contributed by atoms with Crippen molar-refractivity contribution in [1.82, 2.24) is 4.90 Å². The lowest BCUT2D eigenvalue weighted by molar-refractivity contribution is -0.137. The van der Waals surface area contributed by atoms with Gasteiger partial charge in [0.15, 0.2) is 0 Å². The van der Waals surface area contributed by atoms with Crippen molar-refractivity contribution in [2.45, 2.75) is 45.1 Å².